The average molecular weight is 353 g/mol. The number of halogens is 1. The van der Waals surface area contributed by atoms with Crippen molar-refractivity contribution in [3.8, 4) is 5.69 Å². The molecule has 0 aliphatic carbocycles. The van der Waals surface area contributed by atoms with Crippen molar-refractivity contribution in [3.05, 3.63) is 82.1 Å². The molecule has 3 rings (SSSR count). The highest BCUT2D eigenvalue weighted by molar-refractivity contribution is 6.30. The Bertz CT molecular complexity index is 932. The van der Waals surface area contributed by atoms with Crippen molar-refractivity contribution >= 4 is 23.7 Å². The van der Waals surface area contributed by atoms with Crippen molar-refractivity contribution < 1.29 is 4.79 Å². The number of amides is 1. The zero-order valence-corrected chi connectivity index (χ0v) is 14.7. The minimum absolute atomic E-state index is 0.315. The number of rotatable bonds is 4. The van der Waals surface area contributed by atoms with Crippen LogP contribution in [-0.2, 0) is 0 Å². The molecule has 3 aromatic rings. The van der Waals surface area contributed by atoms with Gasteiger partial charge in [-0.3, -0.25) is 4.79 Å². The first kappa shape index (κ1) is 16.9. The average Bonchev–Trinajstić information content (AvgIpc) is 2.90. The summed E-state index contributed by atoms with van der Waals surface area (Å²) in [6.45, 7) is 3.87. The third-order valence-corrected chi connectivity index (χ3v) is 4.03. The zero-order chi connectivity index (χ0) is 17.8. The van der Waals surface area contributed by atoms with E-state index in [0.29, 0.717) is 10.6 Å². The smallest absolute Gasteiger partial charge is 0.267 e. The molecule has 0 aliphatic heterocycles. The number of nitrogens with zero attached hydrogens (tertiary/aromatic N) is 3. The van der Waals surface area contributed by atoms with Gasteiger partial charge in [0.25, 0.3) is 5.91 Å². The fraction of sp³-hybridized carbons (Fsp3) is 0.105. The molecule has 126 valence electrons. The molecule has 0 saturated carbocycles. The van der Waals surface area contributed by atoms with E-state index in [-0.39, 0.29) is 5.91 Å². The lowest BCUT2D eigenvalue weighted by atomic mass is 10.2. The first-order valence-electron chi connectivity index (χ1n) is 7.77. The molecule has 0 fully saturated rings. The maximum Gasteiger partial charge on any atom is 0.271 e. The van der Waals surface area contributed by atoms with Crippen LogP contribution in [0.5, 0.6) is 0 Å². The standard InChI is InChI=1S/C19H17ClN4O/c1-13-18(14(2)24(23-13)17-9-4-3-5-10-17)12-21-22-19(25)15-7-6-8-16(20)11-15/h3-12H,1-2H3,(H,22,25)/b21-12-. The van der Waals surface area contributed by atoms with Gasteiger partial charge in [0, 0.05) is 16.1 Å². The summed E-state index contributed by atoms with van der Waals surface area (Å²) in [4.78, 5) is 12.1. The van der Waals surface area contributed by atoms with Gasteiger partial charge in [0.1, 0.15) is 0 Å². The van der Waals surface area contributed by atoms with Crippen LogP contribution in [-0.4, -0.2) is 21.9 Å². The third-order valence-electron chi connectivity index (χ3n) is 3.79. The highest BCUT2D eigenvalue weighted by Crippen LogP contribution is 2.16. The molecule has 1 aromatic heterocycles. The molecular formula is C19H17ClN4O. The Hall–Kier alpha value is -2.92. The highest BCUT2D eigenvalue weighted by Gasteiger charge is 2.11. The van der Waals surface area contributed by atoms with Gasteiger partial charge in [0.2, 0.25) is 0 Å². The van der Waals surface area contributed by atoms with Crippen molar-refractivity contribution in [2.24, 2.45) is 5.10 Å². The van der Waals surface area contributed by atoms with Crippen LogP contribution in [0.25, 0.3) is 5.69 Å². The monoisotopic (exact) mass is 352 g/mol. The maximum atomic E-state index is 12.1. The molecule has 25 heavy (non-hydrogen) atoms. The first-order valence-corrected chi connectivity index (χ1v) is 8.14. The van der Waals surface area contributed by atoms with Crippen molar-refractivity contribution in [2.45, 2.75) is 13.8 Å². The van der Waals surface area contributed by atoms with Gasteiger partial charge in [0.05, 0.1) is 23.3 Å². The SMILES string of the molecule is Cc1nn(-c2ccccc2)c(C)c1/C=N\NC(=O)c1cccc(Cl)c1. The summed E-state index contributed by atoms with van der Waals surface area (Å²) in [5.74, 6) is -0.315. The summed E-state index contributed by atoms with van der Waals surface area (Å²) >= 11 is 5.89. The van der Waals surface area contributed by atoms with E-state index < -0.39 is 0 Å². The molecule has 0 bridgehead atoms. The van der Waals surface area contributed by atoms with Crippen molar-refractivity contribution in [1.82, 2.24) is 15.2 Å². The van der Waals surface area contributed by atoms with Gasteiger partial charge in [0.15, 0.2) is 0 Å². The lowest BCUT2D eigenvalue weighted by Gasteiger charge is -2.03. The van der Waals surface area contributed by atoms with Crippen molar-refractivity contribution in [1.29, 1.82) is 0 Å². The van der Waals surface area contributed by atoms with Crippen LogP contribution in [0.4, 0.5) is 0 Å². The fourth-order valence-corrected chi connectivity index (χ4v) is 2.70. The maximum absolute atomic E-state index is 12.1. The van der Waals surface area contributed by atoms with Gasteiger partial charge in [-0.2, -0.15) is 10.2 Å². The molecule has 0 atom stereocenters. The Balaban J connectivity index is 1.78. The molecule has 0 aliphatic rings. The molecule has 0 spiro atoms. The van der Waals surface area contributed by atoms with E-state index >= 15 is 0 Å². The number of para-hydroxylation sites is 1. The molecule has 2 aromatic carbocycles. The van der Waals surface area contributed by atoms with E-state index in [2.05, 4.69) is 15.6 Å². The Kier molecular flexibility index (Phi) is 4.95. The molecule has 0 saturated heterocycles. The molecule has 1 N–H and O–H groups in total. The number of aryl methyl sites for hydroxylation is 1. The van der Waals surface area contributed by atoms with Crippen molar-refractivity contribution in [3.63, 3.8) is 0 Å². The van der Waals surface area contributed by atoms with Gasteiger partial charge in [-0.25, -0.2) is 10.1 Å². The lowest BCUT2D eigenvalue weighted by Crippen LogP contribution is -2.17. The normalized spacial score (nSPS) is 11.0. The molecule has 0 radical (unpaired) electrons. The van der Waals surface area contributed by atoms with Gasteiger partial charge in [-0.1, -0.05) is 35.9 Å². The molecule has 5 nitrogen and oxygen atoms in total. The number of nitrogens with one attached hydrogen (secondary N) is 1. The minimum atomic E-state index is -0.315. The summed E-state index contributed by atoms with van der Waals surface area (Å²) in [7, 11) is 0. The van der Waals surface area contributed by atoms with Crippen LogP contribution in [0.3, 0.4) is 0 Å². The summed E-state index contributed by atoms with van der Waals surface area (Å²) < 4.78 is 1.86. The fourth-order valence-electron chi connectivity index (χ4n) is 2.51. The molecule has 0 unspecified atom stereocenters. The van der Waals surface area contributed by atoms with Crippen molar-refractivity contribution in [2.75, 3.05) is 0 Å². The number of benzene rings is 2. The van der Waals surface area contributed by atoms with Gasteiger partial charge >= 0.3 is 0 Å². The number of carbonyl (C=O) groups is 1. The van der Waals surface area contributed by atoms with Gasteiger partial charge < -0.3 is 0 Å². The molecule has 1 amide bonds. The van der Waals surface area contributed by atoms with Gasteiger partial charge in [-0.05, 0) is 44.2 Å². The Morgan fingerprint density at radius 2 is 1.92 bits per heavy atom. The Morgan fingerprint density at radius 1 is 1.16 bits per heavy atom. The van der Waals surface area contributed by atoms with Crippen LogP contribution in [0, 0.1) is 13.8 Å². The topological polar surface area (TPSA) is 59.3 Å². The Morgan fingerprint density at radius 3 is 2.64 bits per heavy atom. The summed E-state index contributed by atoms with van der Waals surface area (Å²) in [5, 5.41) is 9.11. The quantitative estimate of drug-likeness (QED) is 0.571. The van der Waals surface area contributed by atoms with E-state index in [4.69, 9.17) is 11.6 Å². The summed E-state index contributed by atoms with van der Waals surface area (Å²) in [6.07, 6.45) is 1.61. The predicted octanol–water partition coefficient (Wildman–Crippen LogP) is 3.91. The molecule has 6 heteroatoms. The highest BCUT2D eigenvalue weighted by atomic mass is 35.5. The second-order valence-electron chi connectivity index (χ2n) is 5.54. The van der Waals surface area contributed by atoms with E-state index in [1.165, 1.54) is 0 Å². The third kappa shape index (κ3) is 3.78. The van der Waals surface area contributed by atoms with Crippen LogP contribution in [0.1, 0.15) is 27.3 Å². The second kappa shape index (κ2) is 7.32. The number of hydrogen-bond donors (Lipinski definition) is 1. The van der Waals surface area contributed by atoms with E-state index in [1.807, 2.05) is 48.9 Å². The number of carbonyl (C=O) groups excluding carboxylic acids is 1. The van der Waals surface area contributed by atoms with Crippen LogP contribution in [0.15, 0.2) is 59.7 Å². The molecule has 1 heterocycles. The van der Waals surface area contributed by atoms with Gasteiger partial charge in [-0.15, -0.1) is 0 Å². The summed E-state index contributed by atoms with van der Waals surface area (Å²) in [5.41, 5.74) is 6.60. The van der Waals surface area contributed by atoms with Crippen LogP contribution >= 0.6 is 11.6 Å². The second-order valence-corrected chi connectivity index (χ2v) is 5.98. The molecular weight excluding hydrogens is 336 g/mol. The van der Waals surface area contributed by atoms with Crippen LogP contribution in [0.2, 0.25) is 5.02 Å². The summed E-state index contributed by atoms with van der Waals surface area (Å²) in [6, 6.07) is 16.6. The predicted molar refractivity (Wildman–Crippen MR) is 99.6 cm³/mol. The lowest BCUT2D eigenvalue weighted by molar-refractivity contribution is 0.0955. The van der Waals surface area contributed by atoms with E-state index in [1.54, 1.807) is 30.5 Å². The zero-order valence-electron chi connectivity index (χ0n) is 13.9. The number of aromatic nitrogens is 2. The van der Waals surface area contributed by atoms with E-state index in [0.717, 1.165) is 22.6 Å². The van der Waals surface area contributed by atoms with Crippen LogP contribution < -0.4 is 5.43 Å². The largest absolute Gasteiger partial charge is 0.271 e. The minimum Gasteiger partial charge on any atom is -0.267 e. The van der Waals surface area contributed by atoms with E-state index in [9.17, 15) is 4.79 Å². The number of hydrogen-bond acceptors (Lipinski definition) is 3. The Labute approximate surface area is 150 Å². The number of hydrazone groups is 1. The first-order chi connectivity index (χ1) is 12.1.